The van der Waals surface area contributed by atoms with E-state index in [0.717, 1.165) is 16.9 Å². The van der Waals surface area contributed by atoms with E-state index in [1.165, 1.54) is 12.1 Å². The molecule has 0 radical (unpaired) electrons. The summed E-state index contributed by atoms with van der Waals surface area (Å²) >= 11 is 0. The van der Waals surface area contributed by atoms with Crippen molar-refractivity contribution in [1.82, 2.24) is 10.6 Å². The van der Waals surface area contributed by atoms with E-state index in [2.05, 4.69) is 24.5 Å². The van der Waals surface area contributed by atoms with Gasteiger partial charge in [0.2, 0.25) is 12.7 Å². The van der Waals surface area contributed by atoms with E-state index in [9.17, 15) is 9.18 Å². The lowest BCUT2D eigenvalue weighted by molar-refractivity contribution is -0.120. The maximum atomic E-state index is 13.1. The molecule has 0 saturated heterocycles. The Morgan fingerprint density at radius 3 is 2.58 bits per heavy atom. The highest BCUT2D eigenvalue weighted by Gasteiger charge is 2.17. The maximum Gasteiger partial charge on any atom is 0.234 e. The van der Waals surface area contributed by atoms with Gasteiger partial charge >= 0.3 is 0 Å². The molecule has 1 atom stereocenters. The maximum absolute atomic E-state index is 13.1. The number of nitrogens with one attached hydrogen (secondary N) is 2. The minimum atomic E-state index is -0.266. The van der Waals surface area contributed by atoms with Gasteiger partial charge in [-0.05, 0) is 41.3 Å². The molecular formula is C20H23FN2O3. The van der Waals surface area contributed by atoms with Crippen LogP contribution < -0.4 is 20.1 Å². The van der Waals surface area contributed by atoms with Crippen molar-refractivity contribution in [3.8, 4) is 11.5 Å². The first-order chi connectivity index (χ1) is 12.5. The highest BCUT2D eigenvalue weighted by Crippen LogP contribution is 2.32. The van der Waals surface area contributed by atoms with E-state index in [1.807, 2.05) is 18.2 Å². The van der Waals surface area contributed by atoms with Crippen molar-refractivity contribution in [1.29, 1.82) is 0 Å². The summed E-state index contributed by atoms with van der Waals surface area (Å²) in [5, 5.41) is 6.14. The van der Waals surface area contributed by atoms with Crippen molar-refractivity contribution in [2.75, 3.05) is 13.3 Å². The van der Waals surface area contributed by atoms with Gasteiger partial charge in [0.25, 0.3) is 0 Å². The standard InChI is InChI=1S/C20H23FN2O3/c1-13(2)20(15-4-6-16(21)7-5-15)23-11-19(24)22-10-14-3-8-17-18(9-14)26-12-25-17/h3-9,13,20,23H,10-12H2,1-2H3,(H,22,24)/t20-/m1/s1. The second-order valence-electron chi connectivity index (χ2n) is 6.62. The van der Waals surface area contributed by atoms with Crippen LogP contribution in [0.4, 0.5) is 4.39 Å². The van der Waals surface area contributed by atoms with Crippen molar-refractivity contribution < 1.29 is 18.7 Å². The number of hydrogen-bond acceptors (Lipinski definition) is 4. The average molecular weight is 358 g/mol. The molecule has 0 fully saturated rings. The van der Waals surface area contributed by atoms with Crippen molar-refractivity contribution >= 4 is 5.91 Å². The first-order valence-corrected chi connectivity index (χ1v) is 8.67. The topological polar surface area (TPSA) is 59.6 Å². The lowest BCUT2D eigenvalue weighted by atomic mass is 9.96. The zero-order chi connectivity index (χ0) is 18.5. The van der Waals surface area contributed by atoms with Crippen molar-refractivity contribution in [3.63, 3.8) is 0 Å². The molecular weight excluding hydrogens is 335 g/mol. The summed E-state index contributed by atoms with van der Waals surface area (Å²) in [6.45, 7) is 4.96. The SMILES string of the molecule is CC(C)[C@@H](NCC(=O)NCc1ccc2c(c1)OCO2)c1ccc(F)cc1. The van der Waals surface area contributed by atoms with Gasteiger partial charge in [-0.3, -0.25) is 4.79 Å². The number of amides is 1. The molecule has 6 heteroatoms. The Kier molecular flexibility index (Phi) is 5.73. The molecule has 26 heavy (non-hydrogen) atoms. The molecule has 0 saturated carbocycles. The molecule has 1 heterocycles. The van der Waals surface area contributed by atoms with Gasteiger partial charge in [-0.15, -0.1) is 0 Å². The fourth-order valence-corrected chi connectivity index (χ4v) is 2.93. The Labute approximate surface area is 152 Å². The smallest absolute Gasteiger partial charge is 0.234 e. The van der Waals surface area contributed by atoms with E-state index >= 15 is 0 Å². The number of carbonyl (C=O) groups excluding carboxylic acids is 1. The van der Waals surface area contributed by atoms with E-state index < -0.39 is 0 Å². The Hall–Kier alpha value is -2.60. The Morgan fingerprint density at radius 2 is 1.85 bits per heavy atom. The highest BCUT2D eigenvalue weighted by molar-refractivity contribution is 5.78. The minimum Gasteiger partial charge on any atom is -0.454 e. The monoisotopic (exact) mass is 358 g/mol. The Bertz CT molecular complexity index is 762. The first-order valence-electron chi connectivity index (χ1n) is 8.67. The van der Waals surface area contributed by atoms with E-state index in [4.69, 9.17) is 9.47 Å². The summed E-state index contributed by atoms with van der Waals surface area (Å²) in [4.78, 5) is 12.2. The number of ether oxygens (including phenoxy) is 2. The first kappa shape index (κ1) is 18.2. The third-order valence-electron chi connectivity index (χ3n) is 4.30. The molecule has 1 aliphatic heterocycles. The fraction of sp³-hybridized carbons (Fsp3) is 0.350. The van der Waals surface area contributed by atoms with Crippen LogP contribution in [0, 0.1) is 11.7 Å². The molecule has 2 aromatic carbocycles. The number of rotatable bonds is 7. The van der Waals surface area contributed by atoms with Crippen molar-refractivity contribution in [2.24, 2.45) is 5.92 Å². The lowest BCUT2D eigenvalue weighted by Crippen LogP contribution is -2.37. The van der Waals surface area contributed by atoms with E-state index in [0.29, 0.717) is 12.3 Å². The second-order valence-corrected chi connectivity index (χ2v) is 6.62. The largest absolute Gasteiger partial charge is 0.454 e. The third kappa shape index (κ3) is 4.52. The van der Waals surface area contributed by atoms with Crippen molar-refractivity contribution in [2.45, 2.75) is 26.4 Å². The van der Waals surface area contributed by atoms with Gasteiger partial charge in [0.15, 0.2) is 11.5 Å². The predicted molar refractivity (Wildman–Crippen MR) is 96.4 cm³/mol. The summed E-state index contributed by atoms with van der Waals surface area (Å²) in [5.41, 5.74) is 1.91. The molecule has 2 N–H and O–H groups in total. The third-order valence-corrected chi connectivity index (χ3v) is 4.30. The molecule has 5 nitrogen and oxygen atoms in total. The summed E-state index contributed by atoms with van der Waals surface area (Å²) < 4.78 is 23.7. The number of fused-ring (bicyclic) bond motifs is 1. The zero-order valence-electron chi connectivity index (χ0n) is 14.9. The summed E-state index contributed by atoms with van der Waals surface area (Å²) in [6, 6.07) is 12.0. The summed E-state index contributed by atoms with van der Waals surface area (Å²) in [7, 11) is 0. The number of hydrogen-bond donors (Lipinski definition) is 2. The molecule has 0 spiro atoms. The predicted octanol–water partition coefficient (Wildman–Crippen LogP) is 3.16. The molecule has 0 aliphatic carbocycles. The lowest BCUT2D eigenvalue weighted by Gasteiger charge is -2.22. The Morgan fingerprint density at radius 1 is 1.12 bits per heavy atom. The minimum absolute atomic E-state index is 0.0214. The molecule has 1 aliphatic rings. The van der Waals surface area contributed by atoms with Gasteiger partial charge in [-0.1, -0.05) is 32.0 Å². The van der Waals surface area contributed by atoms with Gasteiger partial charge in [0, 0.05) is 12.6 Å². The normalized spacial score (nSPS) is 13.7. The van der Waals surface area contributed by atoms with Gasteiger partial charge < -0.3 is 20.1 Å². The van der Waals surface area contributed by atoms with Crippen LogP contribution in [-0.2, 0) is 11.3 Å². The van der Waals surface area contributed by atoms with Gasteiger partial charge in [-0.2, -0.15) is 0 Å². The van der Waals surface area contributed by atoms with E-state index in [1.54, 1.807) is 12.1 Å². The summed E-state index contributed by atoms with van der Waals surface area (Å²) in [6.07, 6.45) is 0. The van der Waals surface area contributed by atoms with Crippen LogP contribution in [0.2, 0.25) is 0 Å². The van der Waals surface area contributed by atoms with Gasteiger partial charge in [0.1, 0.15) is 5.82 Å². The van der Waals surface area contributed by atoms with Crippen LogP contribution in [0.1, 0.15) is 31.0 Å². The van der Waals surface area contributed by atoms with Gasteiger partial charge in [0.05, 0.1) is 6.54 Å². The molecule has 0 unspecified atom stereocenters. The van der Waals surface area contributed by atoms with Crippen LogP contribution in [0.5, 0.6) is 11.5 Å². The fourth-order valence-electron chi connectivity index (χ4n) is 2.93. The van der Waals surface area contributed by atoms with Gasteiger partial charge in [-0.25, -0.2) is 4.39 Å². The molecule has 0 aromatic heterocycles. The molecule has 0 bridgehead atoms. The molecule has 2 aromatic rings. The Balaban J connectivity index is 1.51. The number of halogens is 1. The molecule has 3 rings (SSSR count). The quantitative estimate of drug-likeness (QED) is 0.798. The van der Waals surface area contributed by atoms with Crippen LogP contribution in [0.25, 0.3) is 0 Å². The highest BCUT2D eigenvalue weighted by atomic mass is 19.1. The van der Waals surface area contributed by atoms with Crippen molar-refractivity contribution in [3.05, 3.63) is 59.4 Å². The molecule has 1 amide bonds. The van der Waals surface area contributed by atoms with Crippen LogP contribution in [0.15, 0.2) is 42.5 Å². The molecule has 138 valence electrons. The second kappa shape index (κ2) is 8.19. The van der Waals surface area contributed by atoms with Crippen LogP contribution in [-0.4, -0.2) is 19.2 Å². The number of carbonyl (C=O) groups is 1. The van der Waals surface area contributed by atoms with Crippen LogP contribution >= 0.6 is 0 Å². The average Bonchev–Trinajstić information content (AvgIpc) is 3.09. The summed E-state index contributed by atoms with van der Waals surface area (Å²) in [5.74, 6) is 1.32. The van der Waals surface area contributed by atoms with Crippen LogP contribution in [0.3, 0.4) is 0 Å². The van der Waals surface area contributed by atoms with E-state index in [-0.39, 0.29) is 37.0 Å². The zero-order valence-corrected chi connectivity index (χ0v) is 14.9. The number of benzene rings is 2.